The quantitative estimate of drug-likeness (QED) is 0.202. The van der Waals surface area contributed by atoms with Gasteiger partial charge in [-0.25, -0.2) is 4.68 Å². The lowest BCUT2D eigenvalue weighted by molar-refractivity contribution is -0.384. The molecule has 0 aliphatic rings. The van der Waals surface area contributed by atoms with Crippen molar-refractivity contribution in [1.29, 1.82) is 0 Å². The van der Waals surface area contributed by atoms with Crippen molar-refractivity contribution in [2.75, 3.05) is 18.4 Å². The Morgan fingerprint density at radius 1 is 1.05 bits per heavy atom. The maximum absolute atomic E-state index is 13.3. The van der Waals surface area contributed by atoms with Crippen LogP contribution < -0.4 is 5.32 Å². The molecule has 0 bridgehead atoms. The van der Waals surface area contributed by atoms with Crippen LogP contribution in [0.3, 0.4) is 0 Å². The minimum atomic E-state index is -0.508. The Labute approximate surface area is 224 Å². The third-order valence-corrected chi connectivity index (χ3v) is 6.30. The largest absolute Gasteiger partial charge is 0.329 e. The molecule has 3 rings (SSSR count). The van der Waals surface area contributed by atoms with Crippen molar-refractivity contribution in [3.8, 4) is 5.69 Å². The van der Waals surface area contributed by atoms with Crippen LogP contribution >= 0.6 is 0 Å². The van der Waals surface area contributed by atoms with Crippen molar-refractivity contribution in [2.24, 2.45) is 0 Å². The molecule has 3 aromatic rings. The normalized spacial score (nSPS) is 11.3. The highest BCUT2D eigenvalue weighted by molar-refractivity contribution is 5.99. The number of benzene rings is 2. The van der Waals surface area contributed by atoms with Gasteiger partial charge in [0.1, 0.15) is 12.4 Å². The Bertz CT molecular complexity index is 1310. The second kappa shape index (κ2) is 12.0. The standard InChI is InChI=1S/C29H37N5O4/c1-7-8-9-16-32(28(36)22-11-13-23(14-12-22)34(37)38)19-27(35)30-26-18-25(29(4,5)6)31-33(26)24-15-10-20(2)17-21(24)3/h10-15,17-18H,7-9,16,19H2,1-6H3,(H,30,35). The van der Waals surface area contributed by atoms with Crippen LogP contribution in [0.5, 0.6) is 0 Å². The maximum atomic E-state index is 13.3. The topological polar surface area (TPSA) is 110 Å². The predicted octanol–water partition coefficient (Wildman–Crippen LogP) is 5.97. The van der Waals surface area contributed by atoms with Gasteiger partial charge in [0.25, 0.3) is 11.6 Å². The van der Waals surface area contributed by atoms with E-state index < -0.39 is 4.92 Å². The summed E-state index contributed by atoms with van der Waals surface area (Å²) in [7, 11) is 0. The van der Waals surface area contributed by atoms with Gasteiger partial charge in [-0.15, -0.1) is 0 Å². The fourth-order valence-corrected chi connectivity index (χ4v) is 4.13. The number of nitro benzene ring substituents is 1. The van der Waals surface area contributed by atoms with Crippen molar-refractivity contribution in [3.63, 3.8) is 0 Å². The van der Waals surface area contributed by atoms with E-state index in [1.165, 1.54) is 29.2 Å². The fraction of sp³-hybridized carbons (Fsp3) is 0.414. The molecule has 1 N–H and O–H groups in total. The van der Waals surface area contributed by atoms with Gasteiger partial charge in [0.15, 0.2) is 0 Å². The minimum Gasteiger partial charge on any atom is -0.329 e. The van der Waals surface area contributed by atoms with Gasteiger partial charge in [-0.3, -0.25) is 19.7 Å². The van der Waals surface area contributed by atoms with E-state index in [1.54, 1.807) is 4.68 Å². The van der Waals surface area contributed by atoms with Crippen molar-refractivity contribution in [2.45, 2.75) is 66.2 Å². The third kappa shape index (κ3) is 7.06. The molecule has 9 heteroatoms. The number of unbranched alkanes of at least 4 members (excludes halogenated alkanes) is 2. The van der Waals surface area contributed by atoms with Crippen molar-refractivity contribution in [3.05, 3.63) is 81.0 Å². The van der Waals surface area contributed by atoms with E-state index in [9.17, 15) is 19.7 Å². The van der Waals surface area contributed by atoms with Crippen LogP contribution in [0, 0.1) is 24.0 Å². The Balaban J connectivity index is 1.87. The SMILES string of the molecule is CCCCCN(CC(=O)Nc1cc(C(C)(C)C)nn1-c1ccc(C)cc1C)C(=O)c1ccc([N+](=O)[O-])cc1. The van der Waals surface area contributed by atoms with E-state index >= 15 is 0 Å². The van der Waals surface area contributed by atoms with E-state index in [1.807, 2.05) is 32.0 Å². The first-order valence-electron chi connectivity index (χ1n) is 12.9. The second-order valence-corrected chi connectivity index (χ2v) is 10.7. The van der Waals surface area contributed by atoms with E-state index in [2.05, 4.69) is 39.1 Å². The number of nitro groups is 1. The average molecular weight is 520 g/mol. The highest BCUT2D eigenvalue weighted by Gasteiger charge is 2.24. The van der Waals surface area contributed by atoms with Crippen molar-refractivity contribution >= 4 is 23.3 Å². The maximum Gasteiger partial charge on any atom is 0.269 e. The van der Waals surface area contributed by atoms with Crippen LogP contribution in [-0.4, -0.2) is 44.5 Å². The van der Waals surface area contributed by atoms with Crippen molar-refractivity contribution in [1.82, 2.24) is 14.7 Å². The minimum absolute atomic E-state index is 0.0915. The third-order valence-electron chi connectivity index (χ3n) is 6.30. The summed E-state index contributed by atoms with van der Waals surface area (Å²) in [6.45, 7) is 12.5. The lowest BCUT2D eigenvalue weighted by Crippen LogP contribution is -2.39. The first-order chi connectivity index (χ1) is 17.9. The van der Waals surface area contributed by atoms with E-state index in [-0.39, 0.29) is 29.5 Å². The van der Waals surface area contributed by atoms with Gasteiger partial charge >= 0.3 is 0 Å². The molecule has 0 unspecified atom stereocenters. The van der Waals surface area contributed by atoms with Crippen LogP contribution in [-0.2, 0) is 10.2 Å². The van der Waals surface area contributed by atoms with Crippen LogP contribution in [0.4, 0.5) is 11.5 Å². The Morgan fingerprint density at radius 2 is 1.74 bits per heavy atom. The lowest BCUT2D eigenvalue weighted by atomic mass is 9.92. The molecule has 2 aromatic carbocycles. The van der Waals surface area contributed by atoms with Crippen LogP contribution in [0.25, 0.3) is 5.69 Å². The molecular formula is C29H37N5O4. The van der Waals surface area contributed by atoms with Gasteiger partial charge in [-0.2, -0.15) is 5.10 Å². The van der Waals surface area contributed by atoms with Gasteiger partial charge in [-0.1, -0.05) is 58.2 Å². The zero-order valence-electron chi connectivity index (χ0n) is 23.1. The number of hydrogen-bond acceptors (Lipinski definition) is 5. The number of nitrogens with zero attached hydrogens (tertiary/aromatic N) is 4. The van der Waals surface area contributed by atoms with Crippen molar-refractivity contribution < 1.29 is 14.5 Å². The van der Waals surface area contributed by atoms with Gasteiger partial charge in [0.05, 0.1) is 16.3 Å². The summed E-state index contributed by atoms with van der Waals surface area (Å²) in [4.78, 5) is 38.5. The summed E-state index contributed by atoms with van der Waals surface area (Å²) < 4.78 is 1.74. The number of nitrogens with one attached hydrogen (secondary N) is 1. The van der Waals surface area contributed by atoms with E-state index in [0.29, 0.717) is 17.9 Å². The fourth-order valence-electron chi connectivity index (χ4n) is 4.13. The molecule has 1 aromatic heterocycles. The lowest BCUT2D eigenvalue weighted by Gasteiger charge is -2.22. The predicted molar refractivity (Wildman–Crippen MR) is 149 cm³/mol. The van der Waals surface area contributed by atoms with Crippen LogP contribution in [0.1, 0.15) is 74.1 Å². The number of carbonyl (C=O) groups is 2. The first kappa shape index (κ1) is 28.6. The first-order valence-corrected chi connectivity index (χ1v) is 12.9. The van der Waals surface area contributed by atoms with Gasteiger partial charge in [0, 0.05) is 35.7 Å². The number of aryl methyl sites for hydroxylation is 2. The van der Waals surface area contributed by atoms with Crippen LogP contribution in [0.2, 0.25) is 0 Å². The monoisotopic (exact) mass is 519 g/mol. The molecule has 1 heterocycles. The Kier molecular flexibility index (Phi) is 9.04. The number of rotatable bonds is 10. The molecular weight excluding hydrogens is 482 g/mol. The summed E-state index contributed by atoms with van der Waals surface area (Å²) in [5.74, 6) is -0.157. The molecule has 2 amide bonds. The number of anilines is 1. The number of hydrogen-bond donors (Lipinski definition) is 1. The van der Waals surface area contributed by atoms with E-state index in [0.717, 1.165) is 41.8 Å². The number of non-ortho nitro benzene ring substituents is 1. The van der Waals surface area contributed by atoms with Gasteiger partial charge in [-0.05, 0) is 44.0 Å². The molecule has 202 valence electrons. The molecule has 0 fully saturated rings. The summed E-state index contributed by atoms with van der Waals surface area (Å²) in [5, 5.41) is 18.8. The molecule has 9 nitrogen and oxygen atoms in total. The average Bonchev–Trinajstić information content (AvgIpc) is 3.27. The summed E-state index contributed by atoms with van der Waals surface area (Å²) in [6.07, 6.45) is 2.63. The molecule has 0 aliphatic heterocycles. The molecule has 0 spiro atoms. The summed E-state index contributed by atoms with van der Waals surface area (Å²) in [5.41, 5.74) is 3.83. The highest BCUT2D eigenvalue weighted by atomic mass is 16.6. The van der Waals surface area contributed by atoms with E-state index in [4.69, 9.17) is 5.10 Å². The zero-order chi connectivity index (χ0) is 28.0. The molecule has 0 atom stereocenters. The Morgan fingerprint density at radius 3 is 2.32 bits per heavy atom. The number of aromatic nitrogens is 2. The molecule has 0 aliphatic carbocycles. The van der Waals surface area contributed by atoms with Crippen LogP contribution in [0.15, 0.2) is 48.5 Å². The number of carbonyl (C=O) groups excluding carboxylic acids is 2. The second-order valence-electron chi connectivity index (χ2n) is 10.7. The molecule has 38 heavy (non-hydrogen) atoms. The summed E-state index contributed by atoms with van der Waals surface area (Å²) in [6, 6.07) is 13.4. The van der Waals surface area contributed by atoms with Gasteiger partial charge in [0.2, 0.25) is 5.91 Å². The smallest absolute Gasteiger partial charge is 0.269 e. The molecule has 0 saturated heterocycles. The molecule has 0 radical (unpaired) electrons. The Hall–Kier alpha value is -4.01. The van der Waals surface area contributed by atoms with Gasteiger partial charge < -0.3 is 10.2 Å². The molecule has 0 saturated carbocycles. The highest BCUT2D eigenvalue weighted by Crippen LogP contribution is 2.28. The summed E-state index contributed by atoms with van der Waals surface area (Å²) >= 11 is 0. The zero-order valence-corrected chi connectivity index (χ0v) is 23.1. The number of amides is 2.